The average Bonchev–Trinajstić information content (AvgIpc) is 3.30. The molecule has 4 aromatic rings. The molecule has 0 saturated carbocycles. The fourth-order valence-corrected chi connectivity index (χ4v) is 6.99. The van der Waals surface area contributed by atoms with E-state index in [0.29, 0.717) is 5.92 Å². The number of aliphatic hydroxyl groups excluding tert-OH is 1. The van der Waals surface area contributed by atoms with Gasteiger partial charge < -0.3 is 5.11 Å². The maximum Gasteiger partial charge on any atom is 0.164 e. The number of thiophene rings is 1. The first-order valence-corrected chi connectivity index (χ1v) is 16.8. The summed E-state index contributed by atoms with van der Waals surface area (Å²) in [6.45, 7) is 23.2. The number of carbonyl (C=O) groups excluding carboxylic acids is 1. The normalized spacial score (nSPS) is 12.3. The molecule has 44 heavy (non-hydrogen) atoms. The summed E-state index contributed by atoms with van der Waals surface area (Å²) in [5, 5.41) is 12.7. The molecule has 4 rings (SSSR count). The van der Waals surface area contributed by atoms with Gasteiger partial charge in [0.2, 0.25) is 0 Å². The fourth-order valence-electron chi connectivity index (χ4n) is 5.44. The van der Waals surface area contributed by atoms with E-state index in [9.17, 15) is 9.90 Å². The summed E-state index contributed by atoms with van der Waals surface area (Å²) in [5.41, 5.74) is 6.46. The minimum Gasteiger partial charge on any atom is -0.512 e. The second-order valence-electron chi connectivity index (χ2n) is 13.1. The number of ketones is 1. The number of hydrogen-bond donors (Lipinski definition) is 1. The third kappa shape index (κ3) is 8.27. The number of fused-ring (bicyclic) bond motifs is 3. The molecule has 3 nitrogen and oxygen atoms in total. The molecular formula is C39H52IrNO2S-. The van der Waals surface area contributed by atoms with Crippen LogP contribution in [0.4, 0.5) is 0 Å². The zero-order valence-corrected chi connectivity index (χ0v) is 31.9. The first kappa shape index (κ1) is 37.9. The van der Waals surface area contributed by atoms with Crippen LogP contribution in [0.15, 0.2) is 48.2 Å². The van der Waals surface area contributed by atoms with Crippen molar-refractivity contribution < 1.29 is 30.0 Å². The first-order chi connectivity index (χ1) is 20.2. The van der Waals surface area contributed by atoms with Gasteiger partial charge in [0.1, 0.15) is 5.76 Å². The summed E-state index contributed by atoms with van der Waals surface area (Å²) in [6, 6.07) is 16.4. The molecule has 0 aliphatic carbocycles. The summed E-state index contributed by atoms with van der Waals surface area (Å²) in [6.07, 6.45) is 5.87. The summed E-state index contributed by atoms with van der Waals surface area (Å²) < 4.78 is 1.37. The molecule has 2 aromatic carbocycles. The number of benzene rings is 2. The van der Waals surface area contributed by atoms with Crippen LogP contribution in [0.2, 0.25) is 0 Å². The van der Waals surface area contributed by atoms with Crippen molar-refractivity contribution >= 4 is 38.1 Å². The molecule has 1 N–H and O–H groups in total. The number of rotatable bonds is 10. The molecule has 241 valence electrons. The minimum absolute atomic E-state index is 0. The van der Waals surface area contributed by atoms with Crippen molar-refractivity contribution in [3.05, 3.63) is 75.9 Å². The molecule has 1 radical (unpaired) electrons. The van der Waals surface area contributed by atoms with Crippen LogP contribution >= 0.6 is 11.3 Å². The van der Waals surface area contributed by atoms with Crippen LogP contribution in [0, 0.1) is 43.6 Å². The first-order valence-electron chi connectivity index (χ1n) is 16.0. The largest absolute Gasteiger partial charge is 0.512 e. The summed E-state index contributed by atoms with van der Waals surface area (Å²) in [5.74, 6) is 0.936. The second-order valence-corrected chi connectivity index (χ2v) is 14.2. The molecule has 5 heteroatoms. The van der Waals surface area contributed by atoms with Gasteiger partial charge in [-0.3, -0.25) is 9.78 Å². The maximum atomic E-state index is 12.2. The van der Waals surface area contributed by atoms with E-state index in [0.717, 1.165) is 48.9 Å². The Morgan fingerprint density at radius 1 is 0.977 bits per heavy atom. The number of aliphatic hydroxyl groups is 1. The maximum absolute atomic E-state index is 12.2. The van der Waals surface area contributed by atoms with Crippen LogP contribution in [-0.4, -0.2) is 15.9 Å². The van der Waals surface area contributed by atoms with Gasteiger partial charge in [-0.1, -0.05) is 87.4 Å². The number of pyridine rings is 1. The topological polar surface area (TPSA) is 50.2 Å². The Kier molecular flexibility index (Phi) is 13.6. The number of aryl methyl sites for hydroxylation is 3. The SMILES string of the molecule is CCC(C)(CC)C(=O)/C=C(\O)C(C)(CC)CC.Cc1[c-]c(-c2nc3ccccc3c3sc(CC(C)C)c(C)c23)cc(C)c1.[Ir]. The van der Waals surface area contributed by atoms with Gasteiger partial charge in [-0.05, 0) is 67.7 Å². The Bertz CT molecular complexity index is 1590. The molecule has 0 atom stereocenters. The van der Waals surface area contributed by atoms with E-state index in [4.69, 9.17) is 4.98 Å². The molecule has 2 aromatic heterocycles. The Labute approximate surface area is 283 Å². The quantitative estimate of drug-likeness (QED) is 0.0989. The molecular weight excluding hydrogens is 739 g/mol. The summed E-state index contributed by atoms with van der Waals surface area (Å²) >= 11 is 1.95. The Morgan fingerprint density at radius 3 is 2.11 bits per heavy atom. The molecule has 0 saturated heterocycles. The van der Waals surface area contributed by atoms with Crippen LogP contribution < -0.4 is 0 Å². The molecule has 0 bridgehead atoms. The molecule has 0 fully saturated rings. The van der Waals surface area contributed by atoms with Crippen LogP contribution in [-0.2, 0) is 31.3 Å². The molecule has 0 amide bonds. The van der Waals surface area contributed by atoms with Crippen molar-refractivity contribution in [2.24, 2.45) is 16.7 Å². The Morgan fingerprint density at radius 2 is 1.57 bits per heavy atom. The predicted molar refractivity (Wildman–Crippen MR) is 187 cm³/mol. The van der Waals surface area contributed by atoms with Gasteiger partial charge in [0.15, 0.2) is 5.78 Å². The predicted octanol–water partition coefficient (Wildman–Crippen LogP) is 11.7. The van der Waals surface area contributed by atoms with Crippen molar-refractivity contribution in [2.75, 3.05) is 0 Å². The van der Waals surface area contributed by atoms with Crippen LogP contribution in [0.5, 0.6) is 0 Å². The smallest absolute Gasteiger partial charge is 0.164 e. The van der Waals surface area contributed by atoms with Crippen molar-refractivity contribution in [1.29, 1.82) is 0 Å². The molecule has 0 unspecified atom stereocenters. The van der Waals surface area contributed by atoms with Crippen molar-refractivity contribution in [1.82, 2.24) is 4.98 Å². The number of aromatic nitrogens is 1. The minimum atomic E-state index is -0.337. The fraction of sp³-hybridized carbons (Fsp3) is 0.487. The van der Waals surface area contributed by atoms with Gasteiger partial charge >= 0.3 is 0 Å². The monoisotopic (exact) mass is 791 g/mol. The zero-order valence-electron chi connectivity index (χ0n) is 28.7. The number of allylic oxidation sites excluding steroid dienone is 2. The molecule has 0 aliphatic rings. The van der Waals surface area contributed by atoms with Crippen molar-refractivity contribution in [2.45, 2.75) is 108 Å². The molecule has 2 heterocycles. The van der Waals surface area contributed by atoms with Crippen LogP contribution in [0.1, 0.15) is 103 Å². The van der Waals surface area contributed by atoms with E-state index >= 15 is 0 Å². The zero-order chi connectivity index (χ0) is 32.1. The van der Waals surface area contributed by atoms with Gasteiger partial charge in [-0.15, -0.1) is 46.2 Å². The van der Waals surface area contributed by atoms with Gasteiger partial charge in [-0.25, -0.2) is 0 Å². The van der Waals surface area contributed by atoms with Gasteiger partial charge in [0, 0.05) is 52.0 Å². The third-order valence-corrected chi connectivity index (χ3v) is 10.8. The van der Waals surface area contributed by atoms with Gasteiger partial charge in [0.05, 0.1) is 5.52 Å². The van der Waals surface area contributed by atoms with E-state index in [1.54, 1.807) is 0 Å². The third-order valence-electron chi connectivity index (χ3n) is 9.46. The summed E-state index contributed by atoms with van der Waals surface area (Å²) in [4.78, 5) is 18.7. The standard InChI is InChI=1S/C24H24NS.C15H28O2.Ir/c1-14(2)10-21-17(5)22-23(18-12-15(3)11-16(4)13-18)25-20-9-7-6-8-19(20)24(22)26-21;1-7-14(5,8-2)12(16)11-13(17)15(6,9-3)10-4;/h6-9,11-12,14H,10H2,1-5H3;11,16H,7-10H2,1-6H3;/q-1;;/b;12-11-;. The van der Waals surface area contributed by atoms with E-state index < -0.39 is 0 Å². The van der Waals surface area contributed by atoms with Crippen LogP contribution in [0.25, 0.3) is 32.2 Å². The number of hydrogen-bond acceptors (Lipinski definition) is 4. The van der Waals surface area contributed by atoms with Crippen molar-refractivity contribution in [3.63, 3.8) is 0 Å². The van der Waals surface area contributed by atoms with Gasteiger partial charge in [0.25, 0.3) is 0 Å². The van der Waals surface area contributed by atoms with E-state index in [1.807, 2.05) is 52.9 Å². The number of para-hydroxylation sites is 1. The van der Waals surface area contributed by atoms with E-state index in [2.05, 4.69) is 77.1 Å². The number of carbonyl (C=O) groups is 1. The van der Waals surface area contributed by atoms with Crippen LogP contribution in [0.3, 0.4) is 0 Å². The van der Waals surface area contributed by atoms with E-state index in [1.165, 1.54) is 43.1 Å². The molecule has 0 spiro atoms. The summed E-state index contributed by atoms with van der Waals surface area (Å²) in [7, 11) is 0. The number of nitrogens with zero attached hydrogens (tertiary/aromatic N) is 1. The Hall–Kier alpha value is -2.33. The average molecular weight is 791 g/mol. The second kappa shape index (κ2) is 15.8. The van der Waals surface area contributed by atoms with Gasteiger partial charge in [-0.2, -0.15) is 0 Å². The molecule has 0 aliphatic heterocycles. The van der Waals surface area contributed by atoms with E-state index in [-0.39, 0.29) is 42.5 Å². The van der Waals surface area contributed by atoms with Crippen molar-refractivity contribution in [3.8, 4) is 11.3 Å². The Balaban J connectivity index is 0.000000331.